The van der Waals surface area contributed by atoms with Crippen molar-refractivity contribution in [2.75, 3.05) is 0 Å². The summed E-state index contributed by atoms with van der Waals surface area (Å²) in [5, 5.41) is 9.53. The average Bonchev–Trinajstić information content (AvgIpc) is 2.77. The predicted octanol–water partition coefficient (Wildman–Crippen LogP) is 1.66. The first-order chi connectivity index (χ1) is 7.18. The maximum absolute atomic E-state index is 11.1. The fraction of sp³-hybridized carbons (Fsp3) is 0.222. The molecule has 2 heterocycles. The number of aryl methyl sites for hydroxylation is 1. The molecule has 2 aromatic heterocycles. The van der Waals surface area contributed by atoms with Crippen molar-refractivity contribution in [3.63, 3.8) is 0 Å². The number of hydrogen-bond donors (Lipinski definition) is 1. The molecule has 78 valence electrons. The zero-order chi connectivity index (χ0) is 10.8. The maximum Gasteiger partial charge on any atom is 0.321 e. The van der Waals surface area contributed by atoms with Crippen molar-refractivity contribution in [1.82, 2.24) is 9.36 Å². The minimum atomic E-state index is -0.985. The van der Waals surface area contributed by atoms with E-state index in [0.29, 0.717) is 16.6 Å². The number of carboxylic acids is 1. The molecule has 1 atom stereocenters. The molecule has 0 aromatic carbocycles. The minimum Gasteiger partial charge on any atom is -0.480 e. The number of hydrogen-bond acceptors (Lipinski definition) is 5. The molecule has 0 aliphatic rings. The number of rotatable bonds is 3. The highest BCUT2D eigenvalue weighted by Crippen LogP contribution is 2.26. The highest BCUT2D eigenvalue weighted by Gasteiger charge is 2.28. The van der Waals surface area contributed by atoms with Crippen LogP contribution < -0.4 is 0 Å². The van der Waals surface area contributed by atoms with E-state index in [9.17, 15) is 4.79 Å². The van der Waals surface area contributed by atoms with Gasteiger partial charge in [0.15, 0.2) is 5.92 Å². The molecule has 15 heavy (non-hydrogen) atoms. The van der Waals surface area contributed by atoms with Crippen LogP contribution in [0.2, 0.25) is 0 Å². The first-order valence-electron chi connectivity index (χ1n) is 4.25. The summed E-state index contributed by atoms with van der Waals surface area (Å²) in [7, 11) is 0. The van der Waals surface area contributed by atoms with Gasteiger partial charge in [0.1, 0.15) is 16.6 Å². The molecule has 1 unspecified atom stereocenters. The van der Waals surface area contributed by atoms with Gasteiger partial charge in [0, 0.05) is 0 Å². The van der Waals surface area contributed by atoms with Crippen LogP contribution in [0.5, 0.6) is 0 Å². The number of aromatic nitrogens is 2. The summed E-state index contributed by atoms with van der Waals surface area (Å²) in [6.07, 6.45) is 1.44. The van der Waals surface area contributed by atoms with E-state index in [1.807, 2.05) is 0 Å². The van der Waals surface area contributed by atoms with Crippen LogP contribution >= 0.6 is 11.5 Å². The molecule has 0 amide bonds. The number of nitrogens with zero attached hydrogens (tertiary/aromatic N) is 2. The summed E-state index contributed by atoms with van der Waals surface area (Å²) in [5.74, 6) is -0.890. The van der Waals surface area contributed by atoms with E-state index in [2.05, 4.69) is 9.36 Å². The Balaban J connectivity index is 2.41. The van der Waals surface area contributed by atoms with Crippen LogP contribution in [0.4, 0.5) is 0 Å². The Morgan fingerprint density at radius 2 is 2.47 bits per heavy atom. The molecular weight excluding hydrogens is 216 g/mol. The summed E-state index contributed by atoms with van der Waals surface area (Å²) in [6.45, 7) is 1.72. The van der Waals surface area contributed by atoms with E-state index in [1.54, 1.807) is 19.1 Å². The van der Waals surface area contributed by atoms with Crippen molar-refractivity contribution in [3.8, 4) is 0 Å². The molecule has 0 radical (unpaired) electrons. The Hall–Kier alpha value is -1.69. The molecule has 0 saturated heterocycles. The zero-order valence-electron chi connectivity index (χ0n) is 7.88. The topological polar surface area (TPSA) is 76.2 Å². The largest absolute Gasteiger partial charge is 0.480 e. The minimum absolute atomic E-state index is 0.374. The highest BCUT2D eigenvalue weighted by atomic mass is 32.1. The summed E-state index contributed by atoms with van der Waals surface area (Å²) < 4.78 is 9.03. The van der Waals surface area contributed by atoms with Crippen molar-refractivity contribution < 1.29 is 14.3 Å². The van der Waals surface area contributed by atoms with Gasteiger partial charge < -0.3 is 9.52 Å². The van der Waals surface area contributed by atoms with Gasteiger partial charge >= 0.3 is 5.97 Å². The first kappa shape index (κ1) is 9.85. The van der Waals surface area contributed by atoms with Crippen LogP contribution in [0.3, 0.4) is 0 Å². The second-order valence-electron chi connectivity index (χ2n) is 2.97. The van der Waals surface area contributed by atoms with E-state index < -0.39 is 11.9 Å². The normalized spacial score (nSPS) is 12.6. The predicted molar refractivity (Wildman–Crippen MR) is 52.8 cm³/mol. The third kappa shape index (κ3) is 1.89. The van der Waals surface area contributed by atoms with Crippen LogP contribution in [-0.4, -0.2) is 20.4 Å². The fourth-order valence-electron chi connectivity index (χ4n) is 1.23. The summed E-state index contributed by atoms with van der Waals surface area (Å²) in [5.41, 5.74) is 0. The van der Waals surface area contributed by atoms with Crippen LogP contribution in [0.1, 0.15) is 22.5 Å². The Bertz CT molecular complexity index is 463. The Labute approximate surface area is 89.6 Å². The monoisotopic (exact) mass is 224 g/mol. The van der Waals surface area contributed by atoms with E-state index in [-0.39, 0.29) is 0 Å². The van der Waals surface area contributed by atoms with Gasteiger partial charge in [0.25, 0.3) is 0 Å². The van der Waals surface area contributed by atoms with Crippen LogP contribution in [0.25, 0.3) is 0 Å². The van der Waals surface area contributed by atoms with Gasteiger partial charge in [0.2, 0.25) is 0 Å². The zero-order valence-corrected chi connectivity index (χ0v) is 8.69. The number of carbonyl (C=O) groups is 1. The number of aliphatic carboxylic acids is 1. The second kappa shape index (κ2) is 3.82. The SMILES string of the molecule is Cc1nsc(C(C(=O)O)c2ccco2)n1. The van der Waals surface area contributed by atoms with Crippen molar-refractivity contribution in [2.24, 2.45) is 0 Å². The highest BCUT2D eigenvalue weighted by molar-refractivity contribution is 7.05. The average molecular weight is 224 g/mol. The van der Waals surface area contributed by atoms with Gasteiger partial charge in [-0.1, -0.05) is 0 Å². The Kier molecular flexibility index (Phi) is 2.51. The van der Waals surface area contributed by atoms with Gasteiger partial charge in [-0.05, 0) is 30.6 Å². The van der Waals surface area contributed by atoms with Crippen molar-refractivity contribution >= 4 is 17.5 Å². The molecule has 2 rings (SSSR count). The lowest BCUT2D eigenvalue weighted by atomic mass is 10.1. The molecule has 0 fully saturated rings. The lowest BCUT2D eigenvalue weighted by molar-refractivity contribution is -0.138. The quantitative estimate of drug-likeness (QED) is 0.857. The summed E-state index contributed by atoms with van der Waals surface area (Å²) in [4.78, 5) is 15.1. The van der Waals surface area contributed by atoms with Gasteiger partial charge in [-0.15, -0.1) is 0 Å². The Morgan fingerprint density at radius 1 is 1.67 bits per heavy atom. The third-order valence-electron chi connectivity index (χ3n) is 1.86. The third-order valence-corrected chi connectivity index (χ3v) is 2.73. The molecular formula is C9H8N2O3S. The van der Waals surface area contributed by atoms with Crippen molar-refractivity contribution in [2.45, 2.75) is 12.8 Å². The van der Waals surface area contributed by atoms with E-state index in [1.165, 1.54) is 6.26 Å². The maximum atomic E-state index is 11.1. The fourth-order valence-corrected chi connectivity index (χ4v) is 2.00. The lowest BCUT2D eigenvalue weighted by Gasteiger charge is -2.04. The summed E-state index contributed by atoms with van der Waals surface area (Å²) in [6, 6.07) is 3.27. The molecule has 0 spiro atoms. The molecule has 0 bridgehead atoms. The van der Waals surface area contributed by atoms with E-state index in [4.69, 9.17) is 9.52 Å². The van der Waals surface area contributed by atoms with Crippen LogP contribution in [0.15, 0.2) is 22.8 Å². The van der Waals surface area contributed by atoms with Gasteiger partial charge in [-0.3, -0.25) is 4.79 Å². The van der Waals surface area contributed by atoms with Gasteiger partial charge in [-0.25, -0.2) is 4.98 Å². The second-order valence-corrected chi connectivity index (χ2v) is 3.75. The molecule has 6 heteroatoms. The van der Waals surface area contributed by atoms with Crippen molar-refractivity contribution in [3.05, 3.63) is 35.0 Å². The molecule has 5 nitrogen and oxygen atoms in total. The summed E-state index contributed by atoms with van der Waals surface area (Å²) >= 11 is 1.08. The standard InChI is InChI=1S/C9H8N2O3S/c1-5-10-8(15-11-5)7(9(12)13)6-3-2-4-14-6/h2-4,7H,1H3,(H,12,13). The Morgan fingerprint density at radius 3 is 2.93 bits per heavy atom. The first-order valence-corrected chi connectivity index (χ1v) is 5.02. The van der Waals surface area contributed by atoms with Gasteiger partial charge in [0.05, 0.1) is 6.26 Å². The van der Waals surface area contributed by atoms with Crippen LogP contribution in [-0.2, 0) is 4.79 Å². The van der Waals surface area contributed by atoms with Crippen LogP contribution in [0, 0.1) is 6.92 Å². The molecule has 1 N–H and O–H groups in total. The molecule has 2 aromatic rings. The van der Waals surface area contributed by atoms with Gasteiger partial charge in [-0.2, -0.15) is 4.37 Å². The van der Waals surface area contributed by atoms with E-state index in [0.717, 1.165) is 11.5 Å². The molecule has 0 aliphatic carbocycles. The smallest absolute Gasteiger partial charge is 0.321 e. The van der Waals surface area contributed by atoms with Crippen molar-refractivity contribution in [1.29, 1.82) is 0 Å². The molecule has 0 aliphatic heterocycles. The number of furan rings is 1. The number of carboxylic acid groups (broad SMARTS) is 1. The lowest BCUT2D eigenvalue weighted by Crippen LogP contribution is -2.12. The van der Waals surface area contributed by atoms with E-state index >= 15 is 0 Å². The molecule has 0 saturated carbocycles.